The average molecular weight is 287 g/mol. The maximum absolute atomic E-state index is 13.1. The summed E-state index contributed by atoms with van der Waals surface area (Å²) in [4.78, 5) is 12.9. The predicted octanol–water partition coefficient (Wildman–Crippen LogP) is 3.46. The Labute approximate surface area is 123 Å². The summed E-state index contributed by atoms with van der Waals surface area (Å²) >= 11 is 0. The molecule has 0 aliphatic heterocycles. The van der Waals surface area contributed by atoms with Crippen molar-refractivity contribution >= 4 is 5.97 Å². The summed E-state index contributed by atoms with van der Waals surface area (Å²) in [5.41, 5.74) is 3.35. The fourth-order valence-corrected chi connectivity index (χ4v) is 2.25. The summed E-state index contributed by atoms with van der Waals surface area (Å²) in [6, 6.07) is 11.6. The lowest BCUT2D eigenvalue weighted by atomic mass is 10.1. The number of rotatable bonds is 5. The lowest BCUT2D eigenvalue weighted by molar-refractivity contribution is 0.0697. The van der Waals surface area contributed by atoms with Gasteiger partial charge in [0.15, 0.2) is 0 Å². The molecule has 0 atom stereocenters. The van der Waals surface area contributed by atoms with Crippen LogP contribution in [0.1, 0.15) is 27.0 Å². The number of carboxylic acid groups (broad SMARTS) is 1. The quantitative estimate of drug-likeness (QED) is 0.915. The molecule has 0 radical (unpaired) electrons. The predicted molar refractivity (Wildman–Crippen MR) is 79.7 cm³/mol. The normalized spacial score (nSPS) is 10.9. The molecule has 0 saturated heterocycles. The van der Waals surface area contributed by atoms with Crippen LogP contribution in [0.25, 0.3) is 0 Å². The molecule has 0 saturated carbocycles. The van der Waals surface area contributed by atoms with E-state index in [0.717, 1.165) is 16.7 Å². The van der Waals surface area contributed by atoms with Gasteiger partial charge in [0, 0.05) is 13.1 Å². The number of halogens is 1. The fraction of sp³-hybridized carbons (Fsp3) is 0.235. The highest BCUT2D eigenvalue weighted by Crippen LogP contribution is 2.14. The highest BCUT2D eigenvalue weighted by atomic mass is 19.1. The van der Waals surface area contributed by atoms with Crippen LogP contribution >= 0.6 is 0 Å². The van der Waals surface area contributed by atoms with Crippen molar-refractivity contribution in [2.45, 2.75) is 20.0 Å². The Balaban J connectivity index is 2.01. The second kappa shape index (κ2) is 6.50. The van der Waals surface area contributed by atoms with Crippen molar-refractivity contribution in [1.29, 1.82) is 0 Å². The van der Waals surface area contributed by atoms with Gasteiger partial charge in [-0.2, -0.15) is 0 Å². The smallest absolute Gasteiger partial charge is 0.335 e. The molecule has 110 valence electrons. The molecule has 2 aromatic carbocycles. The highest BCUT2D eigenvalue weighted by molar-refractivity contribution is 5.87. The Morgan fingerprint density at radius 1 is 1.14 bits per heavy atom. The maximum atomic E-state index is 13.1. The van der Waals surface area contributed by atoms with Gasteiger partial charge in [0.05, 0.1) is 5.56 Å². The van der Waals surface area contributed by atoms with Crippen molar-refractivity contribution in [1.82, 2.24) is 4.90 Å². The number of aryl methyl sites for hydroxylation is 1. The summed E-state index contributed by atoms with van der Waals surface area (Å²) in [7, 11) is 1.98. The van der Waals surface area contributed by atoms with Gasteiger partial charge in [-0.25, -0.2) is 9.18 Å². The van der Waals surface area contributed by atoms with Gasteiger partial charge in [-0.05, 0) is 54.9 Å². The van der Waals surface area contributed by atoms with Crippen LogP contribution in [0.5, 0.6) is 0 Å². The molecule has 3 nitrogen and oxygen atoms in total. The molecular weight excluding hydrogens is 269 g/mol. The van der Waals surface area contributed by atoms with E-state index in [2.05, 4.69) is 4.90 Å². The van der Waals surface area contributed by atoms with Crippen LogP contribution in [-0.2, 0) is 13.1 Å². The molecule has 0 bridgehead atoms. The zero-order chi connectivity index (χ0) is 15.4. The van der Waals surface area contributed by atoms with Gasteiger partial charge in [-0.1, -0.05) is 18.2 Å². The molecule has 0 aliphatic rings. The Hall–Kier alpha value is -2.20. The highest BCUT2D eigenvalue weighted by Gasteiger charge is 2.06. The molecule has 0 heterocycles. The van der Waals surface area contributed by atoms with Gasteiger partial charge in [0.25, 0.3) is 0 Å². The van der Waals surface area contributed by atoms with E-state index >= 15 is 0 Å². The second-order valence-corrected chi connectivity index (χ2v) is 5.25. The molecule has 0 aliphatic carbocycles. The Bertz CT molecular complexity index is 638. The third-order valence-electron chi connectivity index (χ3n) is 3.40. The zero-order valence-electron chi connectivity index (χ0n) is 12.1. The van der Waals surface area contributed by atoms with Crippen LogP contribution in [-0.4, -0.2) is 23.0 Å². The molecule has 0 spiro atoms. The number of hydrogen-bond acceptors (Lipinski definition) is 2. The zero-order valence-corrected chi connectivity index (χ0v) is 12.1. The minimum atomic E-state index is -0.920. The van der Waals surface area contributed by atoms with Crippen molar-refractivity contribution in [2.75, 3.05) is 7.05 Å². The summed E-state index contributed by atoms with van der Waals surface area (Å²) < 4.78 is 13.1. The summed E-state index contributed by atoms with van der Waals surface area (Å²) in [6.45, 7) is 3.32. The van der Waals surface area contributed by atoms with Crippen molar-refractivity contribution in [3.63, 3.8) is 0 Å². The molecule has 1 N–H and O–H groups in total. The van der Waals surface area contributed by atoms with Crippen molar-refractivity contribution in [2.24, 2.45) is 0 Å². The van der Waals surface area contributed by atoms with Gasteiger partial charge in [0.2, 0.25) is 0 Å². The van der Waals surface area contributed by atoms with Crippen LogP contribution in [0.3, 0.4) is 0 Å². The van der Waals surface area contributed by atoms with Gasteiger partial charge in [-0.3, -0.25) is 4.90 Å². The van der Waals surface area contributed by atoms with Gasteiger partial charge >= 0.3 is 5.97 Å². The van der Waals surface area contributed by atoms with Crippen molar-refractivity contribution in [3.8, 4) is 0 Å². The van der Waals surface area contributed by atoms with Crippen LogP contribution < -0.4 is 0 Å². The average Bonchev–Trinajstić information content (AvgIpc) is 2.42. The number of benzene rings is 2. The SMILES string of the molecule is Cc1cc(F)ccc1CN(C)Cc1ccc(C(=O)O)cc1. The first-order chi connectivity index (χ1) is 9.95. The van der Waals surface area contributed by atoms with Gasteiger partial charge in [0.1, 0.15) is 5.82 Å². The molecule has 0 aromatic heterocycles. The van der Waals surface area contributed by atoms with E-state index in [0.29, 0.717) is 13.1 Å². The standard InChI is InChI=1S/C17H18FNO2/c1-12-9-16(18)8-7-15(12)11-19(2)10-13-3-5-14(6-4-13)17(20)21/h3-9H,10-11H2,1-2H3,(H,20,21). The van der Waals surface area contributed by atoms with Crippen LogP contribution in [0.2, 0.25) is 0 Å². The summed E-state index contributed by atoms with van der Waals surface area (Å²) in [5.74, 6) is -1.14. The first-order valence-electron chi connectivity index (χ1n) is 6.71. The molecule has 0 fully saturated rings. The second-order valence-electron chi connectivity index (χ2n) is 5.25. The molecular formula is C17H18FNO2. The molecule has 2 aromatic rings. The lowest BCUT2D eigenvalue weighted by Gasteiger charge is -2.18. The number of aromatic carboxylic acids is 1. The molecule has 0 amide bonds. The van der Waals surface area contributed by atoms with Crippen LogP contribution in [0, 0.1) is 12.7 Å². The number of hydrogen-bond donors (Lipinski definition) is 1. The van der Waals surface area contributed by atoms with Gasteiger partial charge in [-0.15, -0.1) is 0 Å². The van der Waals surface area contributed by atoms with E-state index in [-0.39, 0.29) is 11.4 Å². The monoisotopic (exact) mass is 287 g/mol. The fourth-order valence-electron chi connectivity index (χ4n) is 2.25. The number of carbonyl (C=O) groups is 1. The summed E-state index contributed by atoms with van der Waals surface area (Å²) in [5, 5.41) is 8.86. The third-order valence-corrected chi connectivity index (χ3v) is 3.40. The number of nitrogens with zero attached hydrogens (tertiary/aromatic N) is 1. The van der Waals surface area contributed by atoms with E-state index in [1.54, 1.807) is 18.2 Å². The molecule has 21 heavy (non-hydrogen) atoms. The maximum Gasteiger partial charge on any atom is 0.335 e. The first kappa shape index (κ1) is 15.2. The number of carboxylic acids is 1. The van der Waals surface area contributed by atoms with E-state index in [1.807, 2.05) is 26.1 Å². The Morgan fingerprint density at radius 3 is 2.38 bits per heavy atom. The largest absolute Gasteiger partial charge is 0.478 e. The minimum absolute atomic E-state index is 0.219. The molecule has 0 unspecified atom stereocenters. The van der Waals surface area contributed by atoms with E-state index < -0.39 is 5.97 Å². The van der Waals surface area contributed by atoms with Gasteiger partial charge < -0.3 is 5.11 Å². The minimum Gasteiger partial charge on any atom is -0.478 e. The lowest BCUT2D eigenvalue weighted by Crippen LogP contribution is -2.18. The topological polar surface area (TPSA) is 40.5 Å². The van der Waals surface area contributed by atoms with Crippen molar-refractivity contribution < 1.29 is 14.3 Å². The Morgan fingerprint density at radius 2 is 1.81 bits per heavy atom. The third kappa shape index (κ3) is 4.13. The first-order valence-corrected chi connectivity index (χ1v) is 6.71. The Kier molecular flexibility index (Phi) is 4.70. The van der Waals surface area contributed by atoms with Crippen LogP contribution in [0.4, 0.5) is 4.39 Å². The molecule has 4 heteroatoms. The van der Waals surface area contributed by atoms with E-state index in [9.17, 15) is 9.18 Å². The van der Waals surface area contributed by atoms with E-state index in [4.69, 9.17) is 5.11 Å². The summed E-state index contributed by atoms with van der Waals surface area (Å²) in [6.07, 6.45) is 0. The van der Waals surface area contributed by atoms with Crippen molar-refractivity contribution in [3.05, 3.63) is 70.5 Å². The van der Waals surface area contributed by atoms with E-state index in [1.165, 1.54) is 12.1 Å². The molecule has 2 rings (SSSR count). The van der Waals surface area contributed by atoms with Crippen LogP contribution in [0.15, 0.2) is 42.5 Å².